The van der Waals surface area contributed by atoms with Crippen LogP contribution in [0.1, 0.15) is 13.8 Å². The molecule has 0 aliphatic carbocycles. The number of anilines is 1. The highest BCUT2D eigenvalue weighted by atomic mass is 35.5. The van der Waals surface area contributed by atoms with E-state index in [1.165, 1.54) is 26.0 Å². The third-order valence-corrected chi connectivity index (χ3v) is 5.11. The van der Waals surface area contributed by atoms with Gasteiger partial charge in [-0.2, -0.15) is 0 Å². The number of methoxy groups -OCH3 is 2. The second-order valence-electron chi connectivity index (χ2n) is 5.18. The van der Waals surface area contributed by atoms with Crippen molar-refractivity contribution in [3.63, 3.8) is 0 Å². The number of aromatic nitrogens is 3. The molecule has 0 saturated heterocycles. The van der Waals surface area contributed by atoms with Crippen LogP contribution < -0.4 is 14.8 Å². The molecule has 3 rings (SSSR count). The highest BCUT2D eigenvalue weighted by molar-refractivity contribution is 7.98. The Morgan fingerprint density at radius 1 is 1.00 bits per heavy atom. The summed E-state index contributed by atoms with van der Waals surface area (Å²) < 4.78 is 10.7. The average molecular weight is 441 g/mol. The SMILES string of the molecule is CC.CNc1nc(-c2c(Cl)c(OC)cc(OC)c2Cl)cc2cnc(SC)nc12. The topological polar surface area (TPSA) is 69.2 Å². The number of nitrogens with zero attached hydrogens (tertiary/aromatic N) is 3. The van der Waals surface area contributed by atoms with Crippen LogP contribution in [0.5, 0.6) is 11.5 Å². The molecule has 0 amide bonds. The van der Waals surface area contributed by atoms with Gasteiger partial charge in [0.05, 0.1) is 30.0 Å². The zero-order valence-corrected chi connectivity index (χ0v) is 18.9. The quantitative estimate of drug-likeness (QED) is 0.396. The Labute approximate surface area is 179 Å². The number of thioether (sulfide) groups is 1. The van der Waals surface area contributed by atoms with Gasteiger partial charge < -0.3 is 14.8 Å². The van der Waals surface area contributed by atoms with Crippen LogP contribution in [-0.2, 0) is 0 Å². The monoisotopic (exact) mass is 440 g/mol. The summed E-state index contributed by atoms with van der Waals surface area (Å²) in [4.78, 5) is 13.5. The molecule has 1 N–H and O–H groups in total. The van der Waals surface area contributed by atoms with Gasteiger partial charge in [0.2, 0.25) is 0 Å². The van der Waals surface area contributed by atoms with Crippen LogP contribution in [0.25, 0.3) is 22.2 Å². The van der Waals surface area contributed by atoms with Gasteiger partial charge >= 0.3 is 0 Å². The molecular formula is C19H22Cl2N4O2S. The third kappa shape index (κ3) is 4.21. The van der Waals surface area contributed by atoms with Crippen molar-refractivity contribution < 1.29 is 9.47 Å². The molecule has 28 heavy (non-hydrogen) atoms. The molecule has 1 aromatic carbocycles. The van der Waals surface area contributed by atoms with Gasteiger partial charge in [-0.05, 0) is 12.3 Å². The van der Waals surface area contributed by atoms with Crippen molar-refractivity contribution in [1.29, 1.82) is 0 Å². The summed E-state index contributed by atoms with van der Waals surface area (Å²) in [6, 6.07) is 3.48. The number of nitrogens with one attached hydrogen (secondary N) is 1. The molecule has 0 fully saturated rings. The van der Waals surface area contributed by atoms with Gasteiger partial charge in [0.15, 0.2) is 11.0 Å². The van der Waals surface area contributed by atoms with Crippen molar-refractivity contribution >= 4 is 51.7 Å². The Kier molecular flexibility index (Phi) is 7.98. The molecule has 0 radical (unpaired) electrons. The van der Waals surface area contributed by atoms with Crippen LogP contribution in [0.15, 0.2) is 23.5 Å². The Morgan fingerprint density at radius 2 is 1.61 bits per heavy atom. The Hall–Kier alpha value is -1.96. The molecule has 0 spiro atoms. The van der Waals surface area contributed by atoms with Crippen molar-refractivity contribution in [2.75, 3.05) is 32.8 Å². The van der Waals surface area contributed by atoms with E-state index in [-0.39, 0.29) is 0 Å². The number of rotatable bonds is 5. The van der Waals surface area contributed by atoms with Gasteiger partial charge in [-0.25, -0.2) is 15.0 Å². The minimum atomic E-state index is 0.355. The van der Waals surface area contributed by atoms with E-state index in [0.29, 0.717) is 43.8 Å². The number of hydrogen-bond acceptors (Lipinski definition) is 7. The molecule has 0 saturated carbocycles. The molecule has 2 aromatic heterocycles. The molecule has 6 nitrogen and oxygen atoms in total. The smallest absolute Gasteiger partial charge is 0.187 e. The fourth-order valence-electron chi connectivity index (χ4n) is 2.53. The van der Waals surface area contributed by atoms with Crippen LogP contribution in [0.3, 0.4) is 0 Å². The van der Waals surface area contributed by atoms with Crippen LogP contribution in [0.2, 0.25) is 10.0 Å². The van der Waals surface area contributed by atoms with E-state index in [4.69, 9.17) is 32.7 Å². The number of benzene rings is 1. The minimum absolute atomic E-state index is 0.355. The first-order valence-corrected chi connectivity index (χ1v) is 10.5. The van der Waals surface area contributed by atoms with E-state index in [1.807, 2.05) is 26.2 Å². The van der Waals surface area contributed by atoms with Crippen LogP contribution in [0.4, 0.5) is 5.82 Å². The largest absolute Gasteiger partial charge is 0.495 e. The van der Waals surface area contributed by atoms with Gasteiger partial charge in [-0.3, -0.25) is 0 Å². The molecule has 0 aliphatic heterocycles. The van der Waals surface area contributed by atoms with E-state index in [0.717, 1.165) is 10.9 Å². The van der Waals surface area contributed by atoms with E-state index in [9.17, 15) is 0 Å². The van der Waals surface area contributed by atoms with E-state index >= 15 is 0 Å². The molecule has 0 aliphatic rings. The van der Waals surface area contributed by atoms with Gasteiger partial charge in [0.1, 0.15) is 17.0 Å². The average Bonchev–Trinajstić information content (AvgIpc) is 2.74. The second-order valence-corrected chi connectivity index (χ2v) is 6.71. The van der Waals surface area contributed by atoms with Crippen molar-refractivity contribution in [3.05, 3.63) is 28.4 Å². The zero-order valence-electron chi connectivity index (χ0n) is 16.6. The normalized spacial score (nSPS) is 10.3. The van der Waals surface area contributed by atoms with Gasteiger partial charge in [-0.15, -0.1) is 0 Å². The predicted octanol–water partition coefficient (Wildman–Crippen LogP) is 5.81. The van der Waals surface area contributed by atoms with Gasteiger partial charge in [-0.1, -0.05) is 48.8 Å². The molecule has 9 heteroatoms. The number of pyridine rings is 1. The van der Waals surface area contributed by atoms with Crippen molar-refractivity contribution in [2.24, 2.45) is 0 Å². The Balaban J connectivity index is 0.00000136. The van der Waals surface area contributed by atoms with E-state index < -0.39 is 0 Å². The standard InChI is InChI=1S/C17H16Cl2N4O2S.C2H6/c1-20-16-15-8(7-21-17(23-15)26-4)5-9(22-16)12-13(18)10(24-2)6-11(25-3)14(12)19;1-2/h5-7H,1-4H3,(H,20,22);1-2H3. The number of halogens is 2. The maximum Gasteiger partial charge on any atom is 0.187 e. The first kappa shape index (κ1) is 22.3. The zero-order chi connectivity index (χ0) is 20.8. The first-order valence-electron chi connectivity index (χ1n) is 8.53. The number of hydrogen-bond donors (Lipinski definition) is 1. The lowest BCUT2D eigenvalue weighted by atomic mass is 10.1. The van der Waals surface area contributed by atoms with Crippen LogP contribution in [0, 0.1) is 0 Å². The van der Waals surface area contributed by atoms with Gasteiger partial charge in [0.25, 0.3) is 0 Å². The van der Waals surface area contributed by atoms with Crippen molar-refractivity contribution in [2.45, 2.75) is 19.0 Å². The van der Waals surface area contributed by atoms with Gasteiger partial charge in [0, 0.05) is 30.3 Å². The molecule has 0 unspecified atom stereocenters. The highest BCUT2D eigenvalue weighted by Gasteiger charge is 2.21. The molecular weight excluding hydrogens is 419 g/mol. The molecule has 150 valence electrons. The lowest BCUT2D eigenvalue weighted by Crippen LogP contribution is -2.00. The highest BCUT2D eigenvalue weighted by Crippen LogP contribution is 2.46. The fraction of sp³-hybridized carbons (Fsp3) is 0.316. The lowest BCUT2D eigenvalue weighted by Gasteiger charge is -2.15. The predicted molar refractivity (Wildman–Crippen MR) is 119 cm³/mol. The molecule has 0 bridgehead atoms. The first-order chi connectivity index (χ1) is 13.5. The Bertz CT molecular complexity index is 958. The second kappa shape index (κ2) is 10.0. The van der Waals surface area contributed by atoms with Crippen LogP contribution >= 0.6 is 35.0 Å². The molecule has 2 heterocycles. The van der Waals surface area contributed by atoms with E-state index in [1.54, 1.807) is 19.3 Å². The molecule has 3 aromatic rings. The minimum Gasteiger partial charge on any atom is -0.495 e. The maximum atomic E-state index is 6.51. The summed E-state index contributed by atoms with van der Waals surface area (Å²) >= 11 is 14.5. The van der Waals surface area contributed by atoms with E-state index in [2.05, 4.69) is 20.3 Å². The number of ether oxygens (including phenoxy) is 2. The third-order valence-electron chi connectivity index (χ3n) is 3.79. The Morgan fingerprint density at radius 3 is 2.11 bits per heavy atom. The molecule has 0 atom stereocenters. The van der Waals surface area contributed by atoms with Crippen molar-refractivity contribution in [1.82, 2.24) is 15.0 Å². The lowest BCUT2D eigenvalue weighted by molar-refractivity contribution is 0.395. The maximum absolute atomic E-state index is 6.51. The summed E-state index contributed by atoms with van der Waals surface area (Å²) in [5, 5.41) is 5.26. The summed E-state index contributed by atoms with van der Waals surface area (Å²) in [6.45, 7) is 4.00. The van der Waals surface area contributed by atoms with Crippen molar-refractivity contribution in [3.8, 4) is 22.8 Å². The summed E-state index contributed by atoms with van der Waals surface area (Å²) in [6.07, 6.45) is 3.67. The fourth-order valence-corrected chi connectivity index (χ4v) is 3.57. The number of fused-ring (bicyclic) bond motifs is 1. The summed E-state index contributed by atoms with van der Waals surface area (Å²) in [5.74, 6) is 1.50. The van der Waals surface area contributed by atoms with Crippen LogP contribution in [-0.4, -0.2) is 42.5 Å². The summed E-state index contributed by atoms with van der Waals surface area (Å²) in [7, 11) is 4.84. The summed E-state index contributed by atoms with van der Waals surface area (Å²) in [5.41, 5.74) is 1.81.